The van der Waals surface area contributed by atoms with Crippen LogP contribution in [0.2, 0.25) is 0 Å². The summed E-state index contributed by atoms with van der Waals surface area (Å²) in [5.74, 6) is -0.684. The summed E-state index contributed by atoms with van der Waals surface area (Å²) >= 11 is 0. The highest BCUT2D eigenvalue weighted by Crippen LogP contribution is 2.23. The Morgan fingerprint density at radius 2 is 2.08 bits per heavy atom. The van der Waals surface area contributed by atoms with Gasteiger partial charge in [-0.05, 0) is 18.6 Å². The largest absolute Gasteiger partial charge is 0.456 e. The molecule has 25 heavy (non-hydrogen) atoms. The van der Waals surface area contributed by atoms with E-state index in [9.17, 15) is 20.2 Å². The zero-order valence-electron chi connectivity index (χ0n) is 13.3. The van der Waals surface area contributed by atoms with Gasteiger partial charge in [0.1, 0.15) is 18.4 Å². The second kappa shape index (κ2) is 6.45. The molecule has 1 N–H and O–H groups in total. The molecule has 0 aliphatic rings. The Labute approximate surface area is 142 Å². The van der Waals surface area contributed by atoms with E-state index < -0.39 is 10.9 Å². The number of rotatable bonds is 4. The lowest BCUT2D eigenvalue weighted by molar-refractivity contribution is -0.385. The maximum Gasteiger partial charge on any atom is 0.356 e. The summed E-state index contributed by atoms with van der Waals surface area (Å²) in [4.78, 5) is 25.7. The summed E-state index contributed by atoms with van der Waals surface area (Å²) in [6.45, 7) is 1.51. The van der Waals surface area contributed by atoms with E-state index in [4.69, 9.17) is 4.74 Å². The maximum atomic E-state index is 12.3. The maximum absolute atomic E-state index is 12.3. The van der Waals surface area contributed by atoms with Crippen LogP contribution in [0.1, 0.15) is 27.2 Å². The Bertz CT molecular complexity index is 1030. The van der Waals surface area contributed by atoms with Crippen LogP contribution in [0.3, 0.4) is 0 Å². The Morgan fingerprint density at radius 3 is 2.80 bits per heavy atom. The smallest absolute Gasteiger partial charge is 0.356 e. The third kappa shape index (κ3) is 3.05. The fourth-order valence-corrected chi connectivity index (χ4v) is 2.57. The highest BCUT2D eigenvalue weighted by molar-refractivity contribution is 6.00. The first kappa shape index (κ1) is 16.2. The van der Waals surface area contributed by atoms with Crippen LogP contribution in [-0.4, -0.2) is 15.9 Å². The second-order valence-electron chi connectivity index (χ2n) is 5.49. The number of hydrogen-bond acceptors (Lipinski definition) is 5. The Hall–Kier alpha value is -3.66. The summed E-state index contributed by atoms with van der Waals surface area (Å²) in [5.41, 5.74) is 1.96. The number of nitro benzene ring substituents is 1. The predicted octanol–water partition coefficient (Wildman–Crippen LogP) is 3.61. The van der Waals surface area contributed by atoms with Gasteiger partial charge in [0.2, 0.25) is 0 Å². The molecule has 2 aromatic carbocycles. The number of carbonyl (C=O) groups is 1. The average Bonchev–Trinajstić information content (AvgIpc) is 2.99. The molecule has 0 atom stereocenters. The number of hydrogen-bond donors (Lipinski definition) is 1. The van der Waals surface area contributed by atoms with E-state index in [0.717, 1.165) is 0 Å². The molecular formula is C18H13N3O4. The first-order valence-electron chi connectivity index (χ1n) is 7.43. The molecule has 0 amide bonds. The molecule has 0 fully saturated rings. The van der Waals surface area contributed by atoms with Crippen LogP contribution in [0.15, 0.2) is 42.5 Å². The van der Waals surface area contributed by atoms with Gasteiger partial charge in [0.15, 0.2) is 0 Å². The average molecular weight is 335 g/mol. The summed E-state index contributed by atoms with van der Waals surface area (Å²) in [7, 11) is 0. The van der Waals surface area contributed by atoms with Crippen molar-refractivity contribution in [2.24, 2.45) is 0 Å². The fraction of sp³-hybridized carbons (Fsp3) is 0.111. The number of H-pyrrole nitrogens is 1. The number of aromatic amines is 1. The summed E-state index contributed by atoms with van der Waals surface area (Å²) in [5, 5.41) is 20.9. The normalized spacial score (nSPS) is 10.4. The van der Waals surface area contributed by atoms with Gasteiger partial charge in [0, 0.05) is 22.5 Å². The zero-order chi connectivity index (χ0) is 18.0. The highest BCUT2D eigenvalue weighted by atomic mass is 16.6. The van der Waals surface area contributed by atoms with Crippen molar-refractivity contribution in [2.75, 3.05) is 0 Å². The number of nitrogens with zero attached hydrogens (tertiary/aromatic N) is 2. The fourth-order valence-electron chi connectivity index (χ4n) is 2.57. The quantitative estimate of drug-likeness (QED) is 0.445. The minimum Gasteiger partial charge on any atom is -0.456 e. The van der Waals surface area contributed by atoms with Crippen LogP contribution >= 0.6 is 0 Å². The van der Waals surface area contributed by atoms with Crippen LogP contribution in [-0.2, 0) is 11.3 Å². The molecule has 0 radical (unpaired) electrons. The van der Waals surface area contributed by atoms with Gasteiger partial charge >= 0.3 is 5.97 Å². The van der Waals surface area contributed by atoms with E-state index >= 15 is 0 Å². The Morgan fingerprint density at radius 1 is 1.32 bits per heavy atom. The van der Waals surface area contributed by atoms with Crippen LogP contribution in [0.4, 0.5) is 5.69 Å². The lowest BCUT2D eigenvalue weighted by Gasteiger charge is -2.05. The lowest BCUT2D eigenvalue weighted by Crippen LogP contribution is -2.07. The van der Waals surface area contributed by atoms with Gasteiger partial charge in [-0.1, -0.05) is 30.3 Å². The van der Waals surface area contributed by atoms with Gasteiger partial charge in [-0.25, -0.2) is 4.79 Å². The lowest BCUT2D eigenvalue weighted by atomic mass is 10.1. The molecule has 0 spiro atoms. The van der Waals surface area contributed by atoms with E-state index in [2.05, 4.69) is 4.98 Å². The number of benzene rings is 2. The Balaban J connectivity index is 1.83. The van der Waals surface area contributed by atoms with Gasteiger partial charge in [0.05, 0.1) is 10.5 Å². The van der Waals surface area contributed by atoms with Crippen molar-refractivity contribution in [2.45, 2.75) is 13.5 Å². The van der Waals surface area contributed by atoms with Gasteiger partial charge in [-0.3, -0.25) is 10.1 Å². The number of nitrogens with one attached hydrogen (secondary N) is 1. The molecule has 0 saturated carbocycles. The molecule has 1 heterocycles. The number of para-hydroxylation sites is 1. The Kier molecular flexibility index (Phi) is 4.18. The van der Waals surface area contributed by atoms with Gasteiger partial charge in [0.25, 0.3) is 5.69 Å². The minimum atomic E-state index is -0.684. The summed E-state index contributed by atoms with van der Waals surface area (Å²) in [6.07, 6.45) is 0. The highest BCUT2D eigenvalue weighted by Gasteiger charge is 2.19. The van der Waals surface area contributed by atoms with E-state index in [-0.39, 0.29) is 23.6 Å². The number of aromatic nitrogens is 1. The molecule has 7 heteroatoms. The van der Waals surface area contributed by atoms with Gasteiger partial charge < -0.3 is 9.72 Å². The van der Waals surface area contributed by atoms with Crippen LogP contribution in [0.5, 0.6) is 0 Å². The van der Waals surface area contributed by atoms with E-state index in [1.54, 1.807) is 43.3 Å². The molecule has 3 aromatic rings. The molecule has 0 aliphatic carbocycles. The van der Waals surface area contributed by atoms with Crippen molar-refractivity contribution in [1.29, 1.82) is 5.26 Å². The topological polar surface area (TPSA) is 109 Å². The molecule has 3 rings (SSSR count). The number of ether oxygens (including phenoxy) is 1. The monoisotopic (exact) mass is 335 g/mol. The van der Waals surface area contributed by atoms with Crippen LogP contribution in [0.25, 0.3) is 10.9 Å². The SMILES string of the molecule is Cc1ccc(COC(=O)c2[nH]c3ccccc3c2C#N)cc1[N+](=O)[O-]. The summed E-state index contributed by atoms with van der Waals surface area (Å²) in [6, 6.07) is 13.7. The molecule has 1 aromatic heterocycles. The number of aryl methyl sites for hydroxylation is 1. The van der Waals surface area contributed by atoms with Gasteiger partial charge in [-0.15, -0.1) is 0 Å². The number of fused-ring (bicyclic) bond motifs is 1. The van der Waals surface area contributed by atoms with Crippen molar-refractivity contribution < 1.29 is 14.5 Å². The van der Waals surface area contributed by atoms with E-state index in [0.29, 0.717) is 22.0 Å². The molecule has 0 aliphatic heterocycles. The third-order valence-electron chi connectivity index (χ3n) is 3.86. The third-order valence-corrected chi connectivity index (χ3v) is 3.86. The standard InChI is InChI=1S/C18H13N3O4/c1-11-6-7-12(8-16(11)21(23)24)10-25-18(22)17-14(9-19)13-4-2-3-5-15(13)20-17/h2-8,20H,10H2,1H3. The van der Waals surface area contributed by atoms with Crippen molar-refractivity contribution in [3.05, 3.63) is 75.0 Å². The molecule has 124 valence electrons. The molecule has 0 unspecified atom stereocenters. The van der Waals surface area contributed by atoms with E-state index in [1.807, 2.05) is 6.07 Å². The zero-order valence-corrected chi connectivity index (χ0v) is 13.3. The van der Waals surface area contributed by atoms with Crippen molar-refractivity contribution >= 4 is 22.6 Å². The summed E-state index contributed by atoms with van der Waals surface area (Å²) < 4.78 is 5.22. The molecular weight excluding hydrogens is 322 g/mol. The first-order chi connectivity index (χ1) is 12.0. The molecule has 0 bridgehead atoms. The minimum absolute atomic E-state index is 0.0307. The number of nitro groups is 1. The van der Waals surface area contributed by atoms with E-state index in [1.165, 1.54) is 6.07 Å². The predicted molar refractivity (Wildman–Crippen MR) is 90.0 cm³/mol. The van der Waals surface area contributed by atoms with Crippen molar-refractivity contribution in [1.82, 2.24) is 4.98 Å². The first-order valence-corrected chi connectivity index (χ1v) is 7.43. The number of nitriles is 1. The second-order valence-corrected chi connectivity index (χ2v) is 5.49. The van der Waals surface area contributed by atoms with Crippen LogP contribution < -0.4 is 0 Å². The van der Waals surface area contributed by atoms with Crippen molar-refractivity contribution in [3.8, 4) is 6.07 Å². The number of carbonyl (C=O) groups excluding carboxylic acids is 1. The molecule has 7 nitrogen and oxygen atoms in total. The molecule has 0 saturated heterocycles. The van der Waals surface area contributed by atoms with Gasteiger partial charge in [-0.2, -0.15) is 5.26 Å². The number of esters is 1. The van der Waals surface area contributed by atoms with Crippen molar-refractivity contribution in [3.63, 3.8) is 0 Å². The van der Waals surface area contributed by atoms with Crippen LogP contribution in [0, 0.1) is 28.4 Å².